The molecule has 1 aromatic rings. The number of piperidine rings is 1. The summed E-state index contributed by atoms with van der Waals surface area (Å²) in [5, 5.41) is 0. The minimum atomic E-state index is 0.680. The second-order valence-electron chi connectivity index (χ2n) is 4.89. The van der Waals surface area contributed by atoms with Gasteiger partial charge in [-0.1, -0.05) is 6.92 Å². The number of nitrogen functional groups attached to an aromatic ring is 1. The van der Waals surface area contributed by atoms with E-state index in [9.17, 15) is 0 Å². The average molecular weight is 234 g/mol. The SMILES string of the molecule is CCOc1cc(N)cc(N2CCCC(C)C2)c1. The van der Waals surface area contributed by atoms with E-state index >= 15 is 0 Å². The Labute approximate surface area is 104 Å². The quantitative estimate of drug-likeness (QED) is 0.817. The van der Waals surface area contributed by atoms with Gasteiger partial charge in [0, 0.05) is 36.6 Å². The molecule has 1 aromatic carbocycles. The molecule has 1 heterocycles. The van der Waals surface area contributed by atoms with Crippen LogP contribution in [0.15, 0.2) is 18.2 Å². The fourth-order valence-electron chi connectivity index (χ4n) is 2.46. The number of ether oxygens (including phenoxy) is 1. The molecule has 2 N–H and O–H groups in total. The molecule has 2 rings (SSSR count). The van der Waals surface area contributed by atoms with Crippen LogP contribution in [-0.2, 0) is 0 Å². The molecular formula is C14H22N2O. The number of hydrogen-bond acceptors (Lipinski definition) is 3. The lowest BCUT2D eigenvalue weighted by Gasteiger charge is -2.33. The van der Waals surface area contributed by atoms with Crippen molar-refractivity contribution in [3.05, 3.63) is 18.2 Å². The molecule has 0 bridgehead atoms. The molecule has 0 radical (unpaired) electrons. The van der Waals surface area contributed by atoms with Gasteiger partial charge in [-0.15, -0.1) is 0 Å². The third-order valence-corrected chi connectivity index (χ3v) is 3.25. The van der Waals surface area contributed by atoms with Crippen LogP contribution in [0.3, 0.4) is 0 Å². The van der Waals surface area contributed by atoms with E-state index in [1.807, 2.05) is 19.1 Å². The third-order valence-electron chi connectivity index (χ3n) is 3.25. The van der Waals surface area contributed by atoms with Gasteiger partial charge in [0.05, 0.1) is 6.61 Å². The van der Waals surface area contributed by atoms with Gasteiger partial charge in [-0.05, 0) is 31.7 Å². The van der Waals surface area contributed by atoms with Gasteiger partial charge in [-0.3, -0.25) is 0 Å². The topological polar surface area (TPSA) is 38.5 Å². The van der Waals surface area contributed by atoms with Crippen LogP contribution in [0.25, 0.3) is 0 Å². The van der Waals surface area contributed by atoms with Crippen molar-refractivity contribution in [1.82, 2.24) is 0 Å². The molecule has 3 nitrogen and oxygen atoms in total. The van der Waals surface area contributed by atoms with Gasteiger partial charge in [0.2, 0.25) is 0 Å². The Bertz CT molecular complexity index is 378. The molecule has 1 aliphatic rings. The van der Waals surface area contributed by atoms with Gasteiger partial charge in [-0.2, -0.15) is 0 Å². The van der Waals surface area contributed by atoms with Gasteiger partial charge in [0.1, 0.15) is 5.75 Å². The van der Waals surface area contributed by atoms with Crippen molar-refractivity contribution in [2.24, 2.45) is 5.92 Å². The molecule has 1 aliphatic heterocycles. The van der Waals surface area contributed by atoms with Crippen LogP contribution >= 0.6 is 0 Å². The van der Waals surface area contributed by atoms with Gasteiger partial charge in [0.25, 0.3) is 0 Å². The summed E-state index contributed by atoms with van der Waals surface area (Å²) in [6.45, 7) is 7.22. The normalized spacial score (nSPS) is 20.4. The molecule has 3 heteroatoms. The first-order chi connectivity index (χ1) is 8.19. The van der Waals surface area contributed by atoms with Crippen LogP contribution in [-0.4, -0.2) is 19.7 Å². The minimum Gasteiger partial charge on any atom is -0.494 e. The smallest absolute Gasteiger partial charge is 0.123 e. The first kappa shape index (κ1) is 12.1. The molecule has 94 valence electrons. The Morgan fingerprint density at radius 2 is 2.24 bits per heavy atom. The Balaban J connectivity index is 2.18. The molecule has 0 spiro atoms. The summed E-state index contributed by atoms with van der Waals surface area (Å²) in [5.41, 5.74) is 7.90. The zero-order chi connectivity index (χ0) is 12.3. The maximum atomic E-state index is 5.92. The molecule has 0 saturated carbocycles. The molecule has 0 aliphatic carbocycles. The summed E-state index contributed by atoms with van der Waals surface area (Å²) in [7, 11) is 0. The van der Waals surface area contributed by atoms with Crippen molar-refractivity contribution in [3.8, 4) is 5.75 Å². The minimum absolute atomic E-state index is 0.680. The van der Waals surface area contributed by atoms with Crippen molar-refractivity contribution < 1.29 is 4.74 Å². The zero-order valence-corrected chi connectivity index (χ0v) is 10.8. The van der Waals surface area contributed by atoms with Crippen LogP contribution in [0.4, 0.5) is 11.4 Å². The highest BCUT2D eigenvalue weighted by Crippen LogP contribution is 2.29. The number of benzene rings is 1. The van der Waals surface area contributed by atoms with Gasteiger partial charge >= 0.3 is 0 Å². The second-order valence-corrected chi connectivity index (χ2v) is 4.89. The number of hydrogen-bond donors (Lipinski definition) is 1. The lowest BCUT2D eigenvalue weighted by Crippen LogP contribution is -2.34. The highest BCUT2D eigenvalue weighted by atomic mass is 16.5. The maximum Gasteiger partial charge on any atom is 0.123 e. The van der Waals surface area contributed by atoms with E-state index in [0.717, 1.165) is 30.4 Å². The van der Waals surface area contributed by atoms with E-state index in [1.165, 1.54) is 18.5 Å². The number of anilines is 2. The second kappa shape index (κ2) is 5.30. The van der Waals surface area contributed by atoms with Crippen LogP contribution < -0.4 is 15.4 Å². The molecule has 1 unspecified atom stereocenters. The highest BCUT2D eigenvalue weighted by molar-refractivity contribution is 5.60. The van der Waals surface area contributed by atoms with E-state index in [4.69, 9.17) is 10.5 Å². The van der Waals surface area contributed by atoms with E-state index < -0.39 is 0 Å². The van der Waals surface area contributed by atoms with Crippen molar-refractivity contribution in [2.75, 3.05) is 30.3 Å². The van der Waals surface area contributed by atoms with Crippen molar-refractivity contribution in [2.45, 2.75) is 26.7 Å². The summed E-state index contributed by atoms with van der Waals surface area (Å²) in [4.78, 5) is 2.41. The fraction of sp³-hybridized carbons (Fsp3) is 0.571. The molecule has 1 fully saturated rings. The Morgan fingerprint density at radius 3 is 2.94 bits per heavy atom. The molecule has 1 saturated heterocycles. The van der Waals surface area contributed by atoms with Crippen LogP contribution in [0.2, 0.25) is 0 Å². The largest absolute Gasteiger partial charge is 0.494 e. The lowest BCUT2D eigenvalue weighted by atomic mass is 9.99. The van der Waals surface area contributed by atoms with E-state index in [1.54, 1.807) is 0 Å². The third kappa shape index (κ3) is 3.05. The van der Waals surface area contributed by atoms with Crippen molar-refractivity contribution in [1.29, 1.82) is 0 Å². The standard InChI is InChI=1S/C14H22N2O/c1-3-17-14-8-12(15)7-13(9-14)16-6-4-5-11(2)10-16/h7-9,11H,3-6,10,15H2,1-2H3. The first-order valence-corrected chi connectivity index (χ1v) is 6.47. The van der Waals surface area contributed by atoms with Gasteiger partial charge < -0.3 is 15.4 Å². The van der Waals surface area contributed by atoms with E-state index in [-0.39, 0.29) is 0 Å². The predicted octanol–water partition coefficient (Wildman–Crippen LogP) is 2.90. The predicted molar refractivity (Wildman–Crippen MR) is 72.6 cm³/mol. The highest BCUT2D eigenvalue weighted by Gasteiger charge is 2.17. The first-order valence-electron chi connectivity index (χ1n) is 6.47. The summed E-state index contributed by atoms with van der Waals surface area (Å²) in [6, 6.07) is 6.03. The summed E-state index contributed by atoms with van der Waals surface area (Å²) < 4.78 is 5.54. The fourth-order valence-corrected chi connectivity index (χ4v) is 2.46. The molecule has 0 amide bonds. The Hall–Kier alpha value is -1.38. The van der Waals surface area contributed by atoms with Crippen LogP contribution in [0.5, 0.6) is 5.75 Å². The monoisotopic (exact) mass is 234 g/mol. The summed E-state index contributed by atoms with van der Waals surface area (Å²) in [6.07, 6.45) is 2.59. The average Bonchev–Trinajstić information content (AvgIpc) is 2.28. The van der Waals surface area contributed by atoms with Gasteiger partial charge in [-0.25, -0.2) is 0 Å². The lowest BCUT2D eigenvalue weighted by molar-refractivity contribution is 0.340. The number of nitrogens with zero attached hydrogens (tertiary/aromatic N) is 1. The van der Waals surface area contributed by atoms with Crippen molar-refractivity contribution >= 4 is 11.4 Å². The summed E-state index contributed by atoms with van der Waals surface area (Å²) >= 11 is 0. The van der Waals surface area contributed by atoms with Crippen LogP contribution in [0, 0.1) is 5.92 Å². The number of rotatable bonds is 3. The Morgan fingerprint density at radius 1 is 1.41 bits per heavy atom. The summed E-state index contributed by atoms with van der Waals surface area (Å²) in [5.74, 6) is 1.64. The zero-order valence-electron chi connectivity index (χ0n) is 10.8. The number of nitrogens with two attached hydrogens (primary N) is 1. The van der Waals surface area contributed by atoms with Gasteiger partial charge in [0.15, 0.2) is 0 Å². The Kier molecular flexibility index (Phi) is 3.77. The molecule has 17 heavy (non-hydrogen) atoms. The molecule has 1 atom stereocenters. The van der Waals surface area contributed by atoms with Crippen LogP contribution in [0.1, 0.15) is 26.7 Å². The maximum absolute atomic E-state index is 5.92. The molecular weight excluding hydrogens is 212 g/mol. The van der Waals surface area contributed by atoms with E-state index in [2.05, 4.69) is 17.9 Å². The molecule has 0 aromatic heterocycles. The van der Waals surface area contributed by atoms with E-state index in [0.29, 0.717) is 6.61 Å². The van der Waals surface area contributed by atoms with Crippen molar-refractivity contribution in [3.63, 3.8) is 0 Å².